The summed E-state index contributed by atoms with van der Waals surface area (Å²) in [4.78, 5) is 17.8. The minimum Gasteiger partial charge on any atom is -0.337 e. The van der Waals surface area contributed by atoms with Crippen LogP contribution in [-0.2, 0) is 0 Å². The fourth-order valence-electron chi connectivity index (χ4n) is 4.47. The number of nitrogens with zero attached hydrogens (tertiary/aromatic N) is 3. The lowest BCUT2D eigenvalue weighted by Gasteiger charge is -2.23. The largest absolute Gasteiger partial charge is 0.337 e. The summed E-state index contributed by atoms with van der Waals surface area (Å²) >= 11 is 3.49. The van der Waals surface area contributed by atoms with Crippen LogP contribution in [0, 0.1) is 13.8 Å². The number of rotatable bonds is 3. The standard InChI is InChI=1S/C21H26BrN3O/c1-15-13-20(16(2)25(15)18-7-5-17(22)6-8-18)21(26)24-12-9-19(14-24)23-10-3-4-11-23/h5-8,13,19H,3-4,9-12,14H2,1-2H3. The Morgan fingerprint density at radius 2 is 1.77 bits per heavy atom. The van der Waals surface area contributed by atoms with Gasteiger partial charge in [0.1, 0.15) is 0 Å². The van der Waals surface area contributed by atoms with Crippen LogP contribution in [-0.4, -0.2) is 52.5 Å². The molecular weight excluding hydrogens is 390 g/mol. The minimum absolute atomic E-state index is 0.183. The number of amides is 1. The summed E-state index contributed by atoms with van der Waals surface area (Å²) in [5.74, 6) is 0.183. The Morgan fingerprint density at radius 1 is 1.08 bits per heavy atom. The van der Waals surface area contributed by atoms with Gasteiger partial charge in [-0.1, -0.05) is 15.9 Å². The van der Waals surface area contributed by atoms with E-state index in [4.69, 9.17) is 0 Å². The van der Waals surface area contributed by atoms with E-state index in [1.54, 1.807) is 0 Å². The van der Waals surface area contributed by atoms with E-state index in [-0.39, 0.29) is 5.91 Å². The molecule has 2 fully saturated rings. The summed E-state index contributed by atoms with van der Waals surface area (Å²) in [6.07, 6.45) is 3.72. The molecule has 1 unspecified atom stereocenters. The molecule has 0 spiro atoms. The van der Waals surface area contributed by atoms with Crippen LogP contribution >= 0.6 is 15.9 Å². The van der Waals surface area contributed by atoms with E-state index in [0.29, 0.717) is 6.04 Å². The second kappa shape index (κ2) is 7.20. The normalized spacial score (nSPS) is 20.9. The first kappa shape index (κ1) is 17.8. The molecule has 2 aliphatic heterocycles. The van der Waals surface area contributed by atoms with E-state index in [2.05, 4.69) is 56.3 Å². The van der Waals surface area contributed by atoms with Crippen LogP contribution in [0.4, 0.5) is 0 Å². The molecular formula is C21H26BrN3O. The summed E-state index contributed by atoms with van der Waals surface area (Å²) < 4.78 is 3.23. The molecule has 1 aromatic heterocycles. The van der Waals surface area contributed by atoms with Gasteiger partial charge in [0.2, 0.25) is 0 Å². The van der Waals surface area contributed by atoms with E-state index in [1.165, 1.54) is 25.9 Å². The number of aryl methyl sites for hydroxylation is 1. The Hall–Kier alpha value is -1.59. The van der Waals surface area contributed by atoms with E-state index in [9.17, 15) is 4.79 Å². The van der Waals surface area contributed by atoms with Gasteiger partial charge in [-0.25, -0.2) is 0 Å². The van der Waals surface area contributed by atoms with Crippen molar-refractivity contribution in [2.24, 2.45) is 0 Å². The quantitative estimate of drug-likeness (QED) is 0.752. The molecule has 1 aromatic carbocycles. The molecule has 2 aromatic rings. The van der Waals surface area contributed by atoms with Gasteiger partial charge < -0.3 is 9.47 Å². The third kappa shape index (κ3) is 3.23. The molecule has 0 aliphatic carbocycles. The summed E-state index contributed by atoms with van der Waals surface area (Å²) in [6, 6.07) is 10.8. The maximum atomic E-state index is 13.2. The number of hydrogen-bond acceptors (Lipinski definition) is 2. The van der Waals surface area contributed by atoms with Gasteiger partial charge >= 0.3 is 0 Å². The van der Waals surface area contributed by atoms with Gasteiger partial charge in [0.25, 0.3) is 5.91 Å². The Morgan fingerprint density at radius 3 is 2.46 bits per heavy atom. The van der Waals surface area contributed by atoms with Crippen LogP contribution in [0.25, 0.3) is 5.69 Å². The van der Waals surface area contributed by atoms with Crippen LogP contribution in [0.2, 0.25) is 0 Å². The van der Waals surface area contributed by atoms with Crippen molar-refractivity contribution in [1.29, 1.82) is 0 Å². The molecule has 0 saturated carbocycles. The third-order valence-corrected chi connectivity index (χ3v) is 6.38. The highest BCUT2D eigenvalue weighted by Crippen LogP contribution is 2.26. The van der Waals surface area contributed by atoms with Crippen LogP contribution < -0.4 is 0 Å². The number of carbonyl (C=O) groups is 1. The average Bonchev–Trinajstić information content (AvgIpc) is 3.35. The topological polar surface area (TPSA) is 28.5 Å². The Kier molecular flexibility index (Phi) is 4.93. The summed E-state index contributed by atoms with van der Waals surface area (Å²) in [5.41, 5.74) is 4.06. The van der Waals surface area contributed by atoms with Crippen molar-refractivity contribution < 1.29 is 4.79 Å². The zero-order chi connectivity index (χ0) is 18.3. The Balaban J connectivity index is 1.55. The summed E-state index contributed by atoms with van der Waals surface area (Å²) in [7, 11) is 0. The molecule has 1 atom stereocenters. The maximum Gasteiger partial charge on any atom is 0.255 e. The summed E-state index contributed by atoms with van der Waals surface area (Å²) in [6.45, 7) is 8.28. The minimum atomic E-state index is 0.183. The van der Waals surface area contributed by atoms with Gasteiger partial charge in [0.05, 0.1) is 5.56 Å². The molecule has 2 saturated heterocycles. The number of likely N-dealkylation sites (tertiary alicyclic amines) is 2. The highest BCUT2D eigenvalue weighted by atomic mass is 79.9. The molecule has 1 amide bonds. The molecule has 26 heavy (non-hydrogen) atoms. The SMILES string of the molecule is Cc1cc(C(=O)N2CCC(N3CCCC3)C2)c(C)n1-c1ccc(Br)cc1. The van der Waals surface area contributed by atoms with Crippen molar-refractivity contribution in [3.05, 3.63) is 51.8 Å². The van der Waals surface area contributed by atoms with E-state index >= 15 is 0 Å². The number of hydrogen-bond donors (Lipinski definition) is 0. The van der Waals surface area contributed by atoms with Gasteiger partial charge in [-0.3, -0.25) is 9.69 Å². The van der Waals surface area contributed by atoms with Crippen molar-refractivity contribution in [2.45, 2.75) is 39.2 Å². The molecule has 0 N–H and O–H groups in total. The molecule has 138 valence electrons. The van der Waals surface area contributed by atoms with Crippen LogP contribution in [0.15, 0.2) is 34.8 Å². The number of aromatic nitrogens is 1. The highest BCUT2D eigenvalue weighted by molar-refractivity contribution is 9.10. The van der Waals surface area contributed by atoms with Crippen molar-refractivity contribution >= 4 is 21.8 Å². The molecule has 0 radical (unpaired) electrons. The van der Waals surface area contributed by atoms with E-state index < -0.39 is 0 Å². The first-order chi connectivity index (χ1) is 12.5. The van der Waals surface area contributed by atoms with E-state index in [0.717, 1.165) is 46.6 Å². The highest BCUT2D eigenvalue weighted by Gasteiger charge is 2.33. The molecule has 0 bridgehead atoms. The van der Waals surface area contributed by atoms with Crippen LogP contribution in [0.3, 0.4) is 0 Å². The summed E-state index contributed by atoms with van der Waals surface area (Å²) in [5, 5.41) is 0. The zero-order valence-corrected chi connectivity index (χ0v) is 17.1. The first-order valence-electron chi connectivity index (χ1n) is 9.53. The fraction of sp³-hybridized carbons (Fsp3) is 0.476. The second-order valence-electron chi connectivity index (χ2n) is 7.53. The second-order valence-corrected chi connectivity index (χ2v) is 8.45. The Labute approximate surface area is 163 Å². The fourth-order valence-corrected chi connectivity index (χ4v) is 4.73. The average molecular weight is 416 g/mol. The smallest absolute Gasteiger partial charge is 0.255 e. The van der Waals surface area contributed by atoms with Gasteiger partial charge in [-0.05, 0) is 76.5 Å². The van der Waals surface area contributed by atoms with Gasteiger partial charge in [0, 0.05) is 40.7 Å². The predicted molar refractivity (Wildman–Crippen MR) is 108 cm³/mol. The van der Waals surface area contributed by atoms with Gasteiger partial charge in [-0.15, -0.1) is 0 Å². The Bertz CT molecular complexity index is 805. The van der Waals surface area contributed by atoms with E-state index in [1.807, 2.05) is 18.2 Å². The number of carbonyl (C=O) groups excluding carboxylic acids is 1. The van der Waals surface area contributed by atoms with Crippen molar-refractivity contribution in [3.63, 3.8) is 0 Å². The molecule has 4 nitrogen and oxygen atoms in total. The maximum absolute atomic E-state index is 13.2. The lowest BCUT2D eigenvalue weighted by Crippen LogP contribution is -2.37. The molecule has 3 heterocycles. The first-order valence-corrected chi connectivity index (χ1v) is 10.3. The van der Waals surface area contributed by atoms with Gasteiger partial charge in [-0.2, -0.15) is 0 Å². The van der Waals surface area contributed by atoms with Crippen LogP contribution in [0.1, 0.15) is 41.0 Å². The van der Waals surface area contributed by atoms with Crippen LogP contribution in [0.5, 0.6) is 0 Å². The monoisotopic (exact) mass is 415 g/mol. The zero-order valence-electron chi connectivity index (χ0n) is 15.5. The lowest BCUT2D eigenvalue weighted by molar-refractivity contribution is 0.0779. The molecule has 2 aliphatic rings. The predicted octanol–water partition coefficient (Wildman–Crippen LogP) is 4.17. The molecule has 4 rings (SSSR count). The van der Waals surface area contributed by atoms with Gasteiger partial charge in [0.15, 0.2) is 0 Å². The van der Waals surface area contributed by atoms with Crippen molar-refractivity contribution in [1.82, 2.24) is 14.4 Å². The van der Waals surface area contributed by atoms with Crippen molar-refractivity contribution in [2.75, 3.05) is 26.2 Å². The van der Waals surface area contributed by atoms with Crippen molar-refractivity contribution in [3.8, 4) is 5.69 Å². The number of benzene rings is 1. The third-order valence-electron chi connectivity index (χ3n) is 5.85. The number of halogens is 1. The lowest BCUT2D eigenvalue weighted by atomic mass is 10.2. The molecule has 5 heteroatoms.